The second-order valence-electron chi connectivity index (χ2n) is 10.7. The summed E-state index contributed by atoms with van der Waals surface area (Å²) in [6.45, 7) is 8.66. The Hall–Kier alpha value is -0.120. The molecule has 0 unspecified atom stereocenters. The molecular weight excluding hydrogens is 312 g/mol. The summed E-state index contributed by atoms with van der Waals surface area (Å²) in [6.07, 6.45) is 10.9. The van der Waals surface area contributed by atoms with Gasteiger partial charge in [-0.15, -0.1) is 0 Å². The standard InChI is InChI=1S/C22H36O3/c1-19-10-11-22(24-12-13-25-22)14-15(19)4-5-16-17(19)6-8-20(2)18(16)7-9-21(20,3)23/h15-18,23H,4-14H2,1-3H3/t15-,16+,17+,18-,19+,20+,21-/m1/s1. The minimum absolute atomic E-state index is 0.144. The lowest BCUT2D eigenvalue weighted by atomic mass is 9.44. The molecule has 0 aromatic carbocycles. The third-order valence-electron chi connectivity index (χ3n) is 10.0. The average Bonchev–Trinajstić information content (AvgIpc) is 3.11. The quantitative estimate of drug-likeness (QED) is 0.699. The topological polar surface area (TPSA) is 38.7 Å². The van der Waals surface area contributed by atoms with Crippen LogP contribution in [-0.4, -0.2) is 29.7 Å². The molecule has 1 heterocycles. The lowest BCUT2D eigenvalue weighted by Gasteiger charge is -2.62. The third-order valence-corrected chi connectivity index (χ3v) is 10.0. The van der Waals surface area contributed by atoms with Gasteiger partial charge in [0.15, 0.2) is 5.79 Å². The maximum atomic E-state index is 11.0. The molecule has 5 rings (SSSR count). The van der Waals surface area contributed by atoms with Gasteiger partial charge in [0.25, 0.3) is 0 Å². The first-order valence-corrected chi connectivity index (χ1v) is 10.8. The highest BCUT2D eigenvalue weighted by molar-refractivity contribution is 5.13. The van der Waals surface area contributed by atoms with E-state index in [1.54, 1.807) is 0 Å². The molecule has 3 heteroatoms. The third kappa shape index (κ3) is 2.15. The first-order valence-electron chi connectivity index (χ1n) is 10.8. The molecule has 25 heavy (non-hydrogen) atoms. The van der Waals surface area contributed by atoms with Crippen LogP contribution in [0.4, 0.5) is 0 Å². The predicted molar refractivity (Wildman–Crippen MR) is 97.0 cm³/mol. The first-order chi connectivity index (χ1) is 11.8. The Balaban J connectivity index is 1.41. The van der Waals surface area contributed by atoms with Gasteiger partial charge in [0, 0.05) is 12.8 Å². The normalized spacial score (nSPS) is 57.1. The van der Waals surface area contributed by atoms with Crippen LogP contribution in [0.2, 0.25) is 0 Å². The Kier molecular flexibility index (Phi) is 3.56. The number of rotatable bonds is 0. The van der Waals surface area contributed by atoms with Crippen molar-refractivity contribution >= 4 is 0 Å². The zero-order chi connectivity index (χ0) is 17.5. The lowest BCUT2D eigenvalue weighted by molar-refractivity contribution is -0.232. The van der Waals surface area contributed by atoms with E-state index < -0.39 is 5.60 Å². The second kappa shape index (κ2) is 5.23. The van der Waals surface area contributed by atoms with Gasteiger partial charge in [0.1, 0.15) is 0 Å². The molecule has 0 aromatic rings. The van der Waals surface area contributed by atoms with Crippen molar-refractivity contribution in [3.05, 3.63) is 0 Å². The zero-order valence-electron chi connectivity index (χ0n) is 16.4. The van der Waals surface area contributed by atoms with Crippen LogP contribution in [0.3, 0.4) is 0 Å². The Bertz CT molecular complexity index is 551. The van der Waals surface area contributed by atoms with Crippen LogP contribution < -0.4 is 0 Å². The van der Waals surface area contributed by atoms with Crippen molar-refractivity contribution in [3.63, 3.8) is 0 Å². The number of fused-ring (bicyclic) bond motifs is 5. The molecule has 4 aliphatic carbocycles. The van der Waals surface area contributed by atoms with Gasteiger partial charge in [-0.25, -0.2) is 0 Å². The van der Waals surface area contributed by atoms with E-state index in [4.69, 9.17) is 9.47 Å². The Morgan fingerprint density at radius 3 is 2.28 bits per heavy atom. The van der Waals surface area contributed by atoms with Crippen molar-refractivity contribution in [1.82, 2.24) is 0 Å². The van der Waals surface area contributed by atoms with E-state index in [1.165, 1.54) is 38.5 Å². The van der Waals surface area contributed by atoms with Crippen LogP contribution in [0.25, 0.3) is 0 Å². The van der Waals surface area contributed by atoms with E-state index in [-0.39, 0.29) is 11.2 Å². The van der Waals surface area contributed by atoms with E-state index in [9.17, 15) is 5.11 Å². The molecule has 7 atom stereocenters. The van der Waals surface area contributed by atoms with E-state index in [0.29, 0.717) is 5.41 Å². The number of hydrogen-bond acceptors (Lipinski definition) is 3. The number of hydrogen-bond donors (Lipinski definition) is 1. The summed E-state index contributed by atoms with van der Waals surface area (Å²) in [7, 11) is 0. The highest BCUT2D eigenvalue weighted by Crippen LogP contribution is 2.69. The molecule has 1 spiro atoms. The van der Waals surface area contributed by atoms with Crippen molar-refractivity contribution < 1.29 is 14.6 Å². The van der Waals surface area contributed by atoms with Crippen molar-refractivity contribution in [3.8, 4) is 0 Å². The van der Waals surface area contributed by atoms with E-state index in [2.05, 4.69) is 20.8 Å². The minimum atomic E-state index is -0.456. The highest BCUT2D eigenvalue weighted by atomic mass is 16.7. The van der Waals surface area contributed by atoms with E-state index >= 15 is 0 Å². The monoisotopic (exact) mass is 348 g/mol. The van der Waals surface area contributed by atoms with Crippen LogP contribution in [0.5, 0.6) is 0 Å². The number of aliphatic hydroxyl groups is 1. The largest absolute Gasteiger partial charge is 0.390 e. The predicted octanol–water partition coefficient (Wildman–Crippen LogP) is 4.52. The summed E-state index contributed by atoms with van der Waals surface area (Å²) >= 11 is 0. The van der Waals surface area contributed by atoms with E-state index in [1.807, 2.05) is 0 Å². The van der Waals surface area contributed by atoms with Crippen LogP contribution in [0.1, 0.15) is 78.6 Å². The van der Waals surface area contributed by atoms with Gasteiger partial charge in [-0.3, -0.25) is 0 Å². The molecule has 0 radical (unpaired) electrons. The van der Waals surface area contributed by atoms with Crippen LogP contribution in [0.15, 0.2) is 0 Å². The Morgan fingerprint density at radius 1 is 0.800 bits per heavy atom. The average molecular weight is 349 g/mol. The fourth-order valence-electron chi connectivity index (χ4n) is 8.20. The van der Waals surface area contributed by atoms with E-state index in [0.717, 1.165) is 56.1 Å². The van der Waals surface area contributed by atoms with Gasteiger partial charge in [-0.1, -0.05) is 13.8 Å². The van der Waals surface area contributed by atoms with Gasteiger partial charge in [-0.05, 0) is 86.4 Å². The Morgan fingerprint density at radius 2 is 1.52 bits per heavy atom. The van der Waals surface area contributed by atoms with Crippen molar-refractivity contribution in [2.45, 2.75) is 89.9 Å². The summed E-state index contributed by atoms with van der Waals surface area (Å²) in [6, 6.07) is 0. The summed E-state index contributed by atoms with van der Waals surface area (Å²) in [5.74, 6) is 2.92. The van der Waals surface area contributed by atoms with Gasteiger partial charge >= 0.3 is 0 Å². The summed E-state index contributed by atoms with van der Waals surface area (Å²) < 4.78 is 12.1. The highest BCUT2D eigenvalue weighted by Gasteiger charge is 2.64. The molecule has 1 aliphatic heterocycles. The van der Waals surface area contributed by atoms with Crippen LogP contribution in [0, 0.1) is 34.5 Å². The molecule has 0 amide bonds. The summed E-state index contributed by atoms with van der Waals surface area (Å²) in [5.41, 5.74) is 0.146. The smallest absolute Gasteiger partial charge is 0.168 e. The Labute approximate surface area is 152 Å². The van der Waals surface area contributed by atoms with Crippen molar-refractivity contribution in [2.75, 3.05) is 13.2 Å². The molecule has 4 saturated carbocycles. The van der Waals surface area contributed by atoms with Crippen LogP contribution >= 0.6 is 0 Å². The molecule has 1 N–H and O–H groups in total. The summed E-state index contributed by atoms with van der Waals surface area (Å²) in [4.78, 5) is 0. The number of ether oxygens (including phenoxy) is 2. The molecule has 142 valence electrons. The molecular formula is C22H36O3. The molecule has 5 aliphatic rings. The van der Waals surface area contributed by atoms with Crippen molar-refractivity contribution in [2.24, 2.45) is 34.5 Å². The maximum absolute atomic E-state index is 11.0. The fraction of sp³-hybridized carbons (Fsp3) is 1.00. The second-order valence-corrected chi connectivity index (χ2v) is 10.7. The summed E-state index contributed by atoms with van der Waals surface area (Å²) in [5, 5.41) is 11.0. The first kappa shape index (κ1) is 17.0. The molecule has 0 bridgehead atoms. The maximum Gasteiger partial charge on any atom is 0.168 e. The molecule has 5 fully saturated rings. The SMILES string of the molecule is C[C@]12CCC3(C[C@H]1CC[C@@H]1[C@H]4CC[C@@](C)(O)[C@@]4(C)CC[C@@H]12)OCCO3. The van der Waals surface area contributed by atoms with Gasteiger partial charge < -0.3 is 14.6 Å². The molecule has 1 saturated heterocycles. The van der Waals surface area contributed by atoms with Gasteiger partial charge in [-0.2, -0.15) is 0 Å². The van der Waals surface area contributed by atoms with Crippen LogP contribution in [-0.2, 0) is 9.47 Å². The fourth-order valence-corrected chi connectivity index (χ4v) is 8.20. The molecule has 0 aromatic heterocycles. The minimum Gasteiger partial charge on any atom is -0.390 e. The van der Waals surface area contributed by atoms with Gasteiger partial charge in [0.05, 0.1) is 18.8 Å². The molecule has 3 nitrogen and oxygen atoms in total. The lowest BCUT2D eigenvalue weighted by Crippen LogP contribution is -2.57. The zero-order valence-corrected chi connectivity index (χ0v) is 16.4. The van der Waals surface area contributed by atoms with Crippen molar-refractivity contribution in [1.29, 1.82) is 0 Å². The van der Waals surface area contributed by atoms with Gasteiger partial charge in [0.2, 0.25) is 0 Å².